The van der Waals surface area contributed by atoms with E-state index in [1.807, 2.05) is 58.8 Å². The molecule has 0 aliphatic carbocycles. The third kappa shape index (κ3) is 4.40. The molecule has 0 saturated carbocycles. The van der Waals surface area contributed by atoms with Crippen LogP contribution in [0, 0.1) is 0 Å². The van der Waals surface area contributed by atoms with Crippen molar-refractivity contribution in [2.45, 2.75) is 37.5 Å². The second-order valence-corrected chi connectivity index (χ2v) is 14.1. The van der Waals surface area contributed by atoms with Gasteiger partial charge in [-0.1, -0.05) is 95.2 Å². The van der Waals surface area contributed by atoms with E-state index in [-0.39, 0.29) is 0 Å². The van der Waals surface area contributed by atoms with Gasteiger partial charge in [-0.15, -0.1) is 0 Å². The smallest absolute Gasteiger partial charge is 0.0565 e. The minimum atomic E-state index is 1.32. The van der Waals surface area contributed by atoms with Crippen LogP contribution in [0.25, 0.3) is 5.57 Å². The van der Waals surface area contributed by atoms with Gasteiger partial charge in [0, 0.05) is 14.0 Å². The minimum absolute atomic E-state index is 1.32. The number of benzene rings is 2. The predicted molar refractivity (Wildman–Crippen MR) is 146 cm³/mol. The topological polar surface area (TPSA) is 0 Å². The molecule has 2 aromatic rings. The summed E-state index contributed by atoms with van der Waals surface area (Å²) >= 11 is 9.50. The van der Waals surface area contributed by atoms with Crippen LogP contribution in [0.2, 0.25) is 0 Å². The van der Waals surface area contributed by atoms with Gasteiger partial charge in [0.05, 0.1) is 4.24 Å². The summed E-state index contributed by atoms with van der Waals surface area (Å²) in [4.78, 5) is 8.31. The summed E-state index contributed by atoms with van der Waals surface area (Å²) in [5.74, 6) is 0. The molecular weight excluding hydrogens is 473 g/mol. The Balaban J connectivity index is 1.67. The molecular formula is C26H22S5. The van der Waals surface area contributed by atoms with Crippen LogP contribution in [0.15, 0.2) is 104 Å². The van der Waals surface area contributed by atoms with Gasteiger partial charge in [-0.05, 0) is 93.9 Å². The summed E-state index contributed by atoms with van der Waals surface area (Å²) in [7, 11) is 0. The summed E-state index contributed by atoms with van der Waals surface area (Å²) in [6, 6.07) is 17.6. The Morgan fingerprint density at radius 3 is 1.61 bits per heavy atom. The van der Waals surface area contributed by atoms with Crippen LogP contribution in [-0.2, 0) is 0 Å². The van der Waals surface area contributed by atoms with Gasteiger partial charge in [-0.3, -0.25) is 0 Å². The Morgan fingerprint density at radius 2 is 1.06 bits per heavy atom. The van der Waals surface area contributed by atoms with E-state index in [0.717, 1.165) is 0 Å². The number of allylic oxidation sites excluding steroid dienone is 7. The van der Waals surface area contributed by atoms with Crippen LogP contribution in [-0.4, -0.2) is 0 Å². The molecule has 0 bridgehead atoms. The second kappa shape index (κ2) is 9.03. The van der Waals surface area contributed by atoms with Gasteiger partial charge in [0.1, 0.15) is 0 Å². The van der Waals surface area contributed by atoms with E-state index in [9.17, 15) is 0 Å². The van der Waals surface area contributed by atoms with Gasteiger partial charge >= 0.3 is 0 Å². The van der Waals surface area contributed by atoms with Crippen LogP contribution in [0.5, 0.6) is 0 Å². The number of rotatable bonds is 2. The van der Waals surface area contributed by atoms with Crippen LogP contribution < -0.4 is 0 Å². The van der Waals surface area contributed by atoms with Crippen molar-refractivity contribution in [3.8, 4) is 0 Å². The monoisotopic (exact) mass is 494 g/mol. The first-order valence-electron chi connectivity index (χ1n) is 10.1. The molecule has 0 saturated heterocycles. The van der Waals surface area contributed by atoms with E-state index >= 15 is 0 Å². The molecule has 31 heavy (non-hydrogen) atoms. The quantitative estimate of drug-likeness (QED) is 0.346. The van der Waals surface area contributed by atoms with Crippen LogP contribution in [0.3, 0.4) is 0 Å². The van der Waals surface area contributed by atoms with Gasteiger partial charge in [0.15, 0.2) is 0 Å². The molecule has 3 aliphatic heterocycles. The number of hydrogen-bond acceptors (Lipinski definition) is 5. The van der Waals surface area contributed by atoms with Crippen molar-refractivity contribution in [3.05, 3.63) is 105 Å². The van der Waals surface area contributed by atoms with Gasteiger partial charge in [0.2, 0.25) is 0 Å². The van der Waals surface area contributed by atoms with E-state index in [2.05, 4.69) is 88.4 Å². The number of thioether (sulfide) groups is 4. The summed E-state index contributed by atoms with van der Waals surface area (Å²) in [6.45, 7) is 8.90. The fraction of sp³-hybridized carbons (Fsp3) is 0.154. The van der Waals surface area contributed by atoms with Crippen molar-refractivity contribution in [3.63, 3.8) is 0 Å². The number of hydrogen-bond donors (Lipinski definition) is 0. The SMILES string of the molecule is CC1=C(C)SC(=CC(C=C2c3ccccc3Sc3ccccc32)=C2SC(C)=C(C)S2)S1. The average molecular weight is 495 g/mol. The van der Waals surface area contributed by atoms with Crippen molar-refractivity contribution in [1.29, 1.82) is 0 Å². The molecule has 3 aliphatic rings. The molecule has 0 nitrogen and oxygen atoms in total. The standard InChI is InChI=1S/C26H22S5/c1-15-16(2)28-25(27-15)14-19(26-29-17(3)18(4)30-26)13-22-20-9-5-7-11-23(20)31-24-12-8-6-10-21(22)24/h5-14H,1-4H3. The maximum absolute atomic E-state index is 2.43. The Bertz CT molecular complexity index is 1160. The summed E-state index contributed by atoms with van der Waals surface area (Å²) in [6.07, 6.45) is 4.83. The lowest BCUT2D eigenvalue weighted by Gasteiger charge is -2.22. The van der Waals surface area contributed by atoms with E-state index in [0.29, 0.717) is 0 Å². The zero-order chi connectivity index (χ0) is 21.5. The highest BCUT2D eigenvalue weighted by Crippen LogP contribution is 2.54. The molecule has 156 valence electrons. The van der Waals surface area contributed by atoms with Gasteiger partial charge < -0.3 is 0 Å². The minimum Gasteiger partial charge on any atom is -0.0888 e. The van der Waals surface area contributed by atoms with E-state index < -0.39 is 0 Å². The zero-order valence-electron chi connectivity index (χ0n) is 17.8. The zero-order valence-corrected chi connectivity index (χ0v) is 21.9. The van der Waals surface area contributed by atoms with Crippen LogP contribution in [0.4, 0.5) is 0 Å². The van der Waals surface area contributed by atoms with Crippen molar-refractivity contribution in [2.24, 2.45) is 0 Å². The Morgan fingerprint density at radius 1 is 0.581 bits per heavy atom. The molecule has 0 aromatic heterocycles. The maximum atomic E-state index is 2.43. The summed E-state index contributed by atoms with van der Waals surface area (Å²) in [5, 5.41) is 0. The molecule has 2 aromatic carbocycles. The molecule has 3 heterocycles. The first-order chi connectivity index (χ1) is 15.0. The highest BCUT2D eigenvalue weighted by atomic mass is 32.2. The Hall–Kier alpha value is -1.11. The molecule has 0 spiro atoms. The molecule has 0 N–H and O–H groups in total. The largest absolute Gasteiger partial charge is 0.0888 e. The fourth-order valence-electron chi connectivity index (χ4n) is 3.50. The van der Waals surface area contributed by atoms with Gasteiger partial charge in [0.25, 0.3) is 0 Å². The molecule has 5 rings (SSSR count). The molecule has 5 heteroatoms. The predicted octanol–water partition coefficient (Wildman–Crippen LogP) is 10.1. The average Bonchev–Trinajstić information content (AvgIpc) is 3.27. The summed E-state index contributed by atoms with van der Waals surface area (Å²) in [5.41, 5.74) is 5.29. The van der Waals surface area contributed by atoms with Gasteiger partial charge in [-0.25, -0.2) is 0 Å². The van der Waals surface area contributed by atoms with E-state index in [1.54, 1.807) is 0 Å². The normalized spacial score (nSPS) is 17.9. The van der Waals surface area contributed by atoms with E-state index in [4.69, 9.17) is 0 Å². The number of fused-ring (bicyclic) bond motifs is 2. The van der Waals surface area contributed by atoms with E-state index in [1.165, 1.54) is 60.2 Å². The lowest BCUT2D eigenvalue weighted by Crippen LogP contribution is -1.99. The Kier molecular flexibility index (Phi) is 6.33. The third-order valence-electron chi connectivity index (χ3n) is 5.37. The molecule has 0 unspecified atom stereocenters. The lowest BCUT2D eigenvalue weighted by atomic mass is 9.95. The second-order valence-electron chi connectivity index (χ2n) is 7.49. The molecule has 0 amide bonds. The van der Waals surface area contributed by atoms with Crippen molar-refractivity contribution in [2.75, 3.05) is 0 Å². The van der Waals surface area contributed by atoms with Gasteiger partial charge in [-0.2, -0.15) is 0 Å². The van der Waals surface area contributed by atoms with Crippen LogP contribution in [0.1, 0.15) is 38.8 Å². The highest BCUT2D eigenvalue weighted by Gasteiger charge is 2.23. The Labute approximate surface area is 206 Å². The third-order valence-corrected chi connectivity index (χ3v) is 11.7. The van der Waals surface area contributed by atoms with Crippen molar-refractivity contribution < 1.29 is 0 Å². The van der Waals surface area contributed by atoms with Crippen LogP contribution >= 0.6 is 58.8 Å². The lowest BCUT2D eigenvalue weighted by molar-refractivity contribution is 1.29. The molecule has 0 radical (unpaired) electrons. The fourth-order valence-corrected chi connectivity index (χ4v) is 9.52. The summed E-state index contributed by atoms with van der Waals surface area (Å²) < 4.78 is 2.75. The van der Waals surface area contributed by atoms with Crippen molar-refractivity contribution >= 4 is 64.4 Å². The highest BCUT2D eigenvalue weighted by molar-refractivity contribution is 8.29. The first kappa shape index (κ1) is 21.7. The molecule has 0 fully saturated rings. The molecule has 0 atom stereocenters. The first-order valence-corrected chi connectivity index (χ1v) is 14.2. The maximum Gasteiger partial charge on any atom is 0.0565 e. The van der Waals surface area contributed by atoms with Crippen molar-refractivity contribution in [1.82, 2.24) is 0 Å².